The molecule has 0 bridgehead atoms. The number of carbonyl (C=O) groups is 1. The Labute approximate surface area is 167 Å². The number of carbonyl (C=O) groups excluding carboxylic acids is 1. The number of hydrogen-bond acceptors (Lipinski definition) is 2. The lowest BCUT2D eigenvalue weighted by Crippen LogP contribution is -2.68. The zero-order chi connectivity index (χ0) is 19.6. The highest BCUT2D eigenvalue weighted by Gasteiger charge is 2.53. The standard InChI is InChI=1S/C22H29BrO2Si/c1-17(24)22(5,6)20(23)25-26(21(2,3)4,18-13-9-7-10-14-18)19-15-11-8-12-16-19/h7-16,20H,1-6H3. The van der Waals surface area contributed by atoms with Gasteiger partial charge < -0.3 is 4.43 Å². The fourth-order valence-electron chi connectivity index (χ4n) is 3.15. The Morgan fingerprint density at radius 2 is 1.27 bits per heavy atom. The van der Waals surface area contributed by atoms with Gasteiger partial charge in [-0.05, 0) is 36.2 Å². The molecule has 2 nitrogen and oxygen atoms in total. The van der Waals surface area contributed by atoms with E-state index in [2.05, 4.69) is 85.2 Å². The summed E-state index contributed by atoms with van der Waals surface area (Å²) in [5.74, 6) is 0.109. The molecule has 0 amide bonds. The van der Waals surface area contributed by atoms with Gasteiger partial charge in [0.05, 0.1) is 5.41 Å². The highest BCUT2D eigenvalue weighted by Crippen LogP contribution is 2.41. The molecular formula is C22H29BrO2Si. The molecule has 0 saturated carbocycles. The predicted octanol–water partition coefficient (Wildman–Crippen LogP) is 4.90. The summed E-state index contributed by atoms with van der Waals surface area (Å²) in [6, 6.07) is 20.9. The van der Waals surface area contributed by atoms with Gasteiger partial charge in [0.15, 0.2) is 0 Å². The number of ketones is 1. The Hall–Kier alpha value is -1.23. The first kappa shape index (κ1) is 21.1. The summed E-state index contributed by atoms with van der Waals surface area (Å²) in [7, 11) is -2.67. The second-order valence-corrected chi connectivity index (χ2v) is 13.5. The first-order valence-corrected chi connectivity index (χ1v) is 11.8. The van der Waals surface area contributed by atoms with Gasteiger partial charge in [-0.1, -0.05) is 97.4 Å². The molecule has 0 radical (unpaired) electrons. The lowest BCUT2D eigenvalue weighted by molar-refractivity contribution is -0.127. The number of alkyl halides is 1. The second kappa shape index (κ2) is 7.79. The summed E-state index contributed by atoms with van der Waals surface area (Å²) in [6.45, 7) is 12.2. The van der Waals surface area contributed by atoms with E-state index in [4.69, 9.17) is 4.43 Å². The van der Waals surface area contributed by atoms with E-state index >= 15 is 0 Å². The maximum Gasteiger partial charge on any atom is 0.262 e. The topological polar surface area (TPSA) is 26.3 Å². The summed E-state index contributed by atoms with van der Waals surface area (Å²) in [5.41, 5.74) is -0.618. The van der Waals surface area contributed by atoms with Gasteiger partial charge in [0, 0.05) is 0 Å². The molecule has 4 heteroatoms. The molecule has 2 aromatic rings. The van der Waals surface area contributed by atoms with Crippen molar-refractivity contribution < 1.29 is 9.22 Å². The van der Waals surface area contributed by atoms with Crippen molar-refractivity contribution in [3.05, 3.63) is 60.7 Å². The van der Waals surface area contributed by atoms with Crippen LogP contribution >= 0.6 is 15.9 Å². The Morgan fingerprint density at radius 3 is 1.58 bits per heavy atom. The van der Waals surface area contributed by atoms with Gasteiger partial charge in [0.25, 0.3) is 8.32 Å². The largest absolute Gasteiger partial charge is 0.394 e. The van der Waals surface area contributed by atoms with Crippen molar-refractivity contribution in [2.75, 3.05) is 0 Å². The van der Waals surface area contributed by atoms with Crippen LogP contribution in [0.15, 0.2) is 60.7 Å². The molecule has 0 N–H and O–H groups in total. The quantitative estimate of drug-likeness (QED) is 0.479. The first-order valence-electron chi connectivity index (χ1n) is 8.97. The molecule has 26 heavy (non-hydrogen) atoms. The van der Waals surface area contributed by atoms with Crippen LogP contribution in [0.25, 0.3) is 0 Å². The molecule has 2 aromatic carbocycles. The van der Waals surface area contributed by atoms with Gasteiger partial charge in [-0.15, -0.1) is 0 Å². The number of rotatable bonds is 6. The van der Waals surface area contributed by atoms with E-state index in [0.717, 1.165) is 0 Å². The fraction of sp³-hybridized carbons (Fsp3) is 0.409. The second-order valence-electron chi connectivity index (χ2n) is 8.38. The summed E-state index contributed by atoms with van der Waals surface area (Å²) in [4.78, 5) is 12.2. The van der Waals surface area contributed by atoms with Crippen molar-refractivity contribution in [1.82, 2.24) is 0 Å². The Balaban J connectivity index is 2.71. The van der Waals surface area contributed by atoms with E-state index in [9.17, 15) is 4.79 Å². The Bertz CT molecular complexity index is 696. The molecule has 0 fully saturated rings. The summed E-state index contributed by atoms with van der Waals surface area (Å²) in [5, 5.41) is 1.93. The lowest BCUT2D eigenvalue weighted by atomic mass is 9.90. The number of benzene rings is 2. The summed E-state index contributed by atoms with van der Waals surface area (Å²) >= 11 is 3.71. The van der Waals surface area contributed by atoms with Crippen LogP contribution in [-0.4, -0.2) is 19.1 Å². The summed E-state index contributed by atoms with van der Waals surface area (Å²) < 4.78 is 6.94. The minimum atomic E-state index is -2.67. The maximum atomic E-state index is 12.2. The van der Waals surface area contributed by atoms with Crippen LogP contribution in [0.3, 0.4) is 0 Å². The summed E-state index contributed by atoms with van der Waals surface area (Å²) in [6.07, 6.45) is 0. The monoisotopic (exact) mass is 432 g/mol. The molecule has 0 spiro atoms. The Kier molecular flexibility index (Phi) is 6.31. The highest BCUT2D eigenvalue weighted by molar-refractivity contribution is 9.09. The lowest BCUT2D eigenvalue weighted by Gasteiger charge is -2.46. The molecule has 0 aliphatic heterocycles. The van der Waals surface area contributed by atoms with Gasteiger partial charge in [-0.3, -0.25) is 4.79 Å². The molecule has 1 unspecified atom stereocenters. The first-order chi connectivity index (χ1) is 12.0. The smallest absolute Gasteiger partial charge is 0.262 e. The fourth-order valence-corrected chi connectivity index (χ4v) is 8.94. The minimum Gasteiger partial charge on any atom is -0.394 e. The van der Waals surface area contributed by atoms with Crippen LogP contribution in [0, 0.1) is 5.41 Å². The zero-order valence-electron chi connectivity index (χ0n) is 16.5. The molecule has 0 aromatic heterocycles. The van der Waals surface area contributed by atoms with Crippen LogP contribution in [0.5, 0.6) is 0 Å². The number of Topliss-reactive ketones (excluding diaryl/α,β-unsaturated/α-hetero) is 1. The molecule has 140 valence electrons. The van der Waals surface area contributed by atoms with Gasteiger partial charge >= 0.3 is 0 Å². The SMILES string of the molecule is CC(=O)C(C)(C)C(Br)O[Si](c1ccccc1)(c1ccccc1)C(C)(C)C. The van der Waals surface area contributed by atoms with E-state index in [-0.39, 0.29) is 15.8 Å². The van der Waals surface area contributed by atoms with E-state index in [1.165, 1.54) is 10.4 Å². The Morgan fingerprint density at radius 1 is 0.885 bits per heavy atom. The van der Waals surface area contributed by atoms with Crippen molar-refractivity contribution in [2.45, 2.75) is 51.6 Å². The molecule has 0 aliphatic carbocycles. The average molecular weight is 433 g/mol. The van der Waals surface area contributed by atoms with Crippen molar-refractivity contribution in [3.8, 4) is 0 Å². The molecule has 1 atom stereocenters. The van der Waals surface area contributed by atoms with Crippen molar-refractivity contribution in [3.63, 3.8) is 0 Å². The van der Waals surface area contributed by atoms with E-state index in [0.29, 0.717) is 0 Å². The zero-order valence-corrected chi connectivity index (χ0v) is 19.1. The van der Waals surface area contributed by atoms with Gasteiger partial charge in [0.2, 0.25) is 0 Å². The average Bonchev–Trinajstić information content (AvgIpc) is 2.59. The van der Waals surface area contributed by atoms with Crippen molar-refractivity contribution >= 4 is 40.4 Å². The van der Waals surface area contributed by atoms with Crippen molar-refractivity contribution in [1.29, 1.82) is 0 Å². The molecule has 0 heterocycles. The van der Waals surface area contributed by atoms with E-state index in [1.807, 2.05) is 26.0 Å². The van der Waals surface area contributed by atoms with Crippen LogP contribution < -0.4 is 10.4 Å². The van der Waals surface area contributed by atoms with E-state index in [1.54, 1.807) is 6.92 Å². The van der Waals surface area contributed by atoms with Crippen LogP contribution in [0.2, 0.25) is 5.04 Å². The molecule has 0 saturated heterocycles. The highest BCUT2D eigenvalue weighted by atomic mass is 79.9. The van der Waals surface area contributed by atoms with Crippen LogP contribution in [-0.2, 0) is 9.22 Å². The third-order valence-corrected chi connectivity index (χ3v) is 11.8. The van der Waals surface area contributed by atoms with Crippen LogP contribution in [0.1, 0.15) is 41.5 Å². The van der Waals surface area contributed by atoms with E-state index < -0.39 is 13.7 Å². The third-order valence-electron chi connectivity index (χ3n) is 5.17. The minimum absolute atomic E-state index is 0.109. The maximum absolute atomic E-state index is 12.2. The van der Waals surface area contributed by atoms with Crippen molar-refractivity contribution in [2.24, 2.45) is 5.41 Å². The molecular weight excluding hydrogens is 404 g/mol. The number of hydrogen-bond donors (Lipinski definition) is 0. The van der Waals surface area contributed by atoms with Gasteiger partial charge in [-0.25, -0.2) is 0 Å². The van der Waals surface area contributed by atoms with Gasteiger partial charge in [0.1, 0.15) is 10.8 Å². The van der Waals surface area contributed by atoms with Gasteiger partial charge in [-0.2, -0.15) is 0 Å². The number of halogens is 1. The molecule has 2 rings (SSSR count). The predicted molar refractivity (Wildman–Crippen MR) is 116 cm³/mol. The molecule has 0 aliphatic rings. The third kappa shape index (κ3) is 3.87. The normalized spacial score (nSPS) is 14.1. The van der Waals surface area contributed by atoms with Crippen LogP contribution in [0.4, 0.5) is 0 Å².